The van der Waals surface area contributed by atoms with Crippen molar-refractivity contribution in [1.29, 1.82) is 0 Å². The molecule has 2 heterocycles. The summed E-state index contributed by atoms with van der Waals surface area (Å²) in [5, 5.41) is 4.75. The van der Waals surface area contributed by atoms with Gasteiger partial charge < -0.3 is 10.2 Å². The Bertz CT molecular complexity index is 381. The lowest BCUT2D eigenvalue weighted by Gasteiger charge is -2.29. The minimum Gasteiger partial charge on any atom is -0.348 e. The van der Waals surface area contributed by atoms with E-state index in [4.69, 9.17) is 4.98 Å². The number of thiazole rings is 1. The number of aryl methyl sites for hydroxylation is 1. The molecule has 1 aromatic rings. The number of anilines is 1. The summed E-state index contributed by atoms with van der Waals surface area (Å²) in [6.07, 6.45) is 4.86. The molecule has 3 nitrogen and oxygen atoms in total. The van der Waals surface area contributed by atoms with E-state index in [0.29, 0.717) is 0 Å². The number of hydrogen-bond acceptors (Lipinski definition) is 4. The van der Waals surface area contributed by atoms with Crippen LogP contribution in [0.15, 0.2) is 0 Å². The van der Waals surface area contributed by atoms with E-state index in [1.807, 2.05) is 11.3 Å². The van der Waals surface area contributed by atoms with Crippen LogP contribution in [0, 0.1) is 5.92 Å². The molecule has 4 heteroatoms. The van der Waals surface area contributed by atoms with E-state index in [9.17, 15) is 0 Å². The number of rotatable bonds is 6. The van der Waals surface area contributed by atoms with Crippen molar-refractivity contribution in [3.8, 4) is 0 Å². The maximum atomic E-state index is 4.86. The van der Waals surface area contributed by atoms with Crippen LogP contribution in [0.25, 0.3) is 0 Å². The van der Waals surface area contributed by atoms with Gasteiger partial charge in [0.05, 0.1) is 5.69 Å². The third kappa shape index (κ3) is 3.93. The van der Waals surface area contributed by atoms with Gasteiger partial charge in [0.1, 0.15) is 0 Å². The summed E-state index contributed by atoms with van der Waals surface area (Å²) < 4.78 is 0. The summed E-state index contributed by atoms with van der Waals surface area (Å²) in [5.41, 5.74) is 1.29. The average molecular weight is 281 g/mol. The van der Waals surface area contributed by atoms with Gasteiger partial charge in [0.2, 0.25) is 0 Å². The van der Waals surface area contributed by atoms with Crippen LogP contribution in [0.5, 0.6) is 0 Å². The van der Waals surface area contributed by atoms with Gasteiger partial charge in [-0.3, -0.25) is 0 Å². The summed E-state index contributed by atoms with van der Waals surface area (Å²) >= 11 is 1.89. The third-order valence-electron chi connectivity index (χ3n) is 3.87. The summed E-state index contributed by atoms with van der Waals surface area (Å²) in [6.45, 7) is 11.2. The van der Waals surface area contributed by atoms with Crippen LogP contribution < -0.4 is 10.2 Å². The first-order chi connectivity index (χ1) is 9.24. The quantitative estimate of drug-likeness (QED) is 0.810. The SMILES string of the molecule is CCCNCc1sc(N2CCC(C)CC2)nc1CC. The van der Waals surface area contributed by atoms with E-state index in [2.05, 4.69) is 31.0 Å². The normalized spacial score (nSPS) is 17.1. The predicted octanol–water partition coefficient (Wildman–Crippen LogP) is 3.44. The third-order valence-corrected chi connectivity index (χ3v) is 5.03. The molecule has 0 amide bonds. The van der Waals surface area contributed by atoms with Crippen LogP contribution in [-0.2, 0) is 13.0 Å². The molecule has 108 valence electrons. The van der Waals surface area contributed by atoms with Gasteiger partial charge in [0, 0.05) is 24.5 Å². The molecule has 1 fully saturated rings. The smallest absolute Gasteiger partial charge is 0.185 e. The minimum atomic E-state index is 0.882. The van der Waals surface area contributed by atoms with Gasteiger partial charge in [-0.25, -0.2) is 4.98 Å². The zero-order chi connectivity index (χ0) is 13.7. The summed E-state index contributed by atoms with van der Waals surface area (Å²) in [4.78, 5) is 8.77. The van der Waals surface area contributed by atoms with Crippen molar-refractivity contribution in [2.24, 2.45) is 5.92 Å². The number of nitrogens with one attached hydrogen (secondary N) is 1. The topological polar surface area (TPSA) is 28.2 Å². The molecule has 0 aliphatic carbocycles. The molecule has 1 aromatic heterocycles. The van der Waals surface area contributed by atoms with Crippen molar-refractivity contribution in [1.82, 2.24) is 10.3 Å². The maximum absolute atomic E-state index is 4.86. The molecule has 0 atom stereocenters. The van der Waals surface area contributed by atoms with Crippen molar-refractivity contribution in [3.63, 3.8) is 0 Å². The van der Waals surface area contributed by atoms with Crippen molar-refractivity contribution >= 4 is 16.5 Å². The molecule has 2 rings (SSSR count). The highest BCUT2D eigenvalue weighted by Gasteiger charge is 2.20. The number of piperidine rings is 1. The van der Waals surface area contributed by atoms with Crippen LogP contribution >= 0.6 is 11.3 Å². The van der Waals surface area contributed by atoms with Crippen LogP contribution in [-0.4, -0.2) is 24.6 Å². The predicted molar refractivity (Wildman–Crippen MR) is 84.1 cm³/mol. The van der Waals surface area contributed by atoms with Crippen LogP contribution in [0.3, 0.4) is 0 Å². The lowest BCUT2D eigenvalue weighted by molar-refractivity contribution is 0.438. The fourth-order valence-corrected chi connectivity index (χ4v) is 3.67. The minimum absolute atomic E-state index is 0.882. The lowest BCUT2D eigenvalue weighted by Crippen LogP contribution is -2.32. The Hall–Kier alpha value is -0.610. The van der Waals surface area contributed by atoms with Crippen molar-refractivity contribution in [2.45, 2.75) is 53.0 Å². The van der Waals surface area contributed by atoms with Crippen LogP contribution in [0.1, 0.15) is 50.6 Å². The van der Waals surface area contributed by atoms with Crippen molar-refractivity contribution in [3.05, 3.63) is 10.6 Å². The molecule has 0 spiro atoms. The standard InChI is InChI=1S/C15H27N3S/c1-4-8-16-11-14-13(5-2)17-15(19-14)18-9-6-12(3)7-10-18/h12,16H,4-11H2,1-3H3. The lowest BCUT2D eigenvalue weighted by atomic mass is 10.00. The van der Waals surface area contributed by atoms with Gasteiger partial charge in [-0.15, -0.1) is 11.3 Å². The second-order valence-electron chi connectivity index (χ2n) is 5.57. The Labute approximate surface area is 121 Å². The van der Waals surface area contributed by atoms with E-state index in [-0.39, 0.29) is 0 Å². The zero-order valence-corrected chi connectivity index (χ0v) is 13.4. The van der Waals surface area contributed by atoms with Crippen molar-refractivity contribution in [2.75, 3.05) is 24.5 Å². The Kier molecular flexibility index (Phi) is 5.64. The first-order valence-electron chi connectivity index (χ1n) is 7.68. The van der Waals surface area contributed by atoms with E-state index in [0.717, 1.165) is 25.4 Å². The molecule has 1 N–H and O–H groups in total. The molecule has 0 saturated carbocycles. The molecule has 1 aliphatic heterocycles. The molecule has 0 unspecified atom stereocenters. The van der Waals surface area contributed by atoms with Gasteiger partial charge in [0.25, 0.3) is 0 Å². The monoisotopic (exact) mass is 281 g/mol. The second kappa shape index (κ2) is 7.25. The fourth-order valence-electron chi connectivity index (χ4n) is 2.50. The van der Waals surface area contributed by atoms with Crippen LogP contribution in [0.2, 0.25) is 0 Å². The van der Waals surface area contributed by atoms with E-state index < -0.39 is 0 Å². The largest absolute Gasteiger partial charge is 0.348 e. The fraction of sp³-hybridized carbons (Fsp3) is 0.800. The van der Waals surface area contributed by atoms with Crippen LogP contribution in [0.4, 0.5) is 5.13 Å². The first kappa shape index (κ1) is 14.8. The average Bonchev–Trinajstić information content (AvgIpc) is 2.83. The zero-order valence-electron chi connectivity index (χ0n) is 12.5. The number of aromatic nitrogens is 1. The Morgan fingerprint density at radius 2 is 2.05 bits per heavy atom. The highest BCUT2D eigenvalue weighted by Crippen LogP contribution is 2.30. The Balaban J connectivity index is 2.01. The van der Waals surface area contributed by atoms with E-state index >= 15 is 0 Å². The molecule has 19 heavy (non-hydrogen) atoms. The highest BCUT2D eigenvalue weighted by atomic mass is 32.1. The first-order valence-corrected chi connectivity index (χ1v) is 8.50. The van der Waals surface area contributed by atoms with Gasteiger partial charge in [-0.2, -0.15) is 0 Å². The van der Waals surface area contributed by atoms with Gasteiger partial charge in [0.15, 0.2) is 5.13 Å². The molecule has 0 radical (unpaired) electrons. The number of nitrogens with zero attached hydrogens (tertiary/aromatic N) is 2. The van der Waals surface area contributed by atoms with Gasteiger partial charge in [-0.05, 0) is 38.1 Å². The van der Waals surface area contributed by atoms with E-state index in [1.165, 1.54) is 48.1 Å². The molecular formula is C15H27N3S. The molecule has 1 aliphatic rings. The second-order valence-corrected chi connectivity index (χ2v) is 6.63. The maximum Gasteiger partial charge on any atom is 0.185 e. The molecular weight excluding hydrogens is 254 g/mol. The van der Waals surface area contributed by atoms with E-state index in [1.54, 1.807) is 0 Å². The van der Waals surface area contributed by atoms with Gasteiger partial charge in [-0.1, -0.05) is 20.8 Å². The molecule has 0 aromatic carbocycles. The Morgan fingerprint density at radius 3 is 2.68 bits per heavy atom. The highest BCUT2D eigenvalue weighted by molar-refractivity contribution is 7.15. The van der Waals surface area contributed by atoms with Crippen molar-refractivity contribution < 1.29 is 0 Å². The summed E-state index contributed by atoms with van der Waals surface area (Å²) in [6, 6.07) is 0. The Morgan fingerprint density at radius 1 is 1.32 bits per heavy atom. The molecule has 1 saturated heterocycles. The summed E-state index contributed by atoms with van der Waals surface area (Å²) in [7, 11) is 0. The summed E-state index contributed by atoms with van der Waals surface area (Å²) in [5.74, 6) is 0.882. The number of hydrogen-bond donors (Lipinski definition) is 1. The van der Waals surface area contributed by atoms with Gasteiger partial charge >= 0.3 is 0 Å². The molecule has 0 bridgehead atoms.